The summed E-state index contributed by atoms with van der Waals surface area (Å²) in [7, 11) is 1.32. The van der Waals surface area contributed by atoms with Crippen molar-refractivity contribution in [3.05, 3.63) is 0 Å². The summed E-state index contributed by atoms with van der Waals surface area (Å²) in [5.74, 6) is -2.51. The lowest BCUT2D eigenvalue weighted by molar-refractivity contribution is -0.149. The van der Waals surface area contributed by atoms with Gasteiger partial charge in [0, 0.05) is 0 Å². The van der Waals surface area contributed by atoms with Crippen LogP contribution in [0.3, 0.4) is 0 Å². The maximum atomic E-state index is 11.4. The SMILES string of the molecule is COC(=O)C1CCC(CC(=O)O)(CC(=O)O)CC1. The van der Waals surface area contributed by atoms with Gasteiger partial charge in [-0.25, -0.2) is 0 Å². The minimum absolute atomic E-state index is 0.160. The number of carbonyl (C=O) groups is 3. The van der Waals surface area contributed by atoms with E-state index in [1.54, 1.807) is 0 Å². The molecule has 1 rings (SSSR count). The van der Waals surface area contributed by atoms with Gasteiger partial charge in [-0.15, -0.1) is 0 Å². The summed E-state index contributed by atoms with van der Waals surface area (Å²) < 4.78 is 4.65. The van der Waals surface area contributed by atoms with Gasteiger partial charge in [0.1, 0.15) is 0 Å². The number of esters is 1. The van der Waals surface area contributed by atoms with Gasteiger partial charge in [-0.05, 0) is 31.1 Å². The second kappa shape index (κ2) is 5.84. The molecular formula is C12H18O6. The summed E-state index contributed by atoms with van der Waals surface area (Å²) in [6.07, 6.45) is 1.54. The van der Waals surface area contributed by atoms with Gasteiger partial charge < -0.3 is 14.9 Å². The van der Waals surface area contributed by atoms with Crippen LogP contribution in [0.2, 0.25) is 0 Å². The van der Waals surface area contributed by atoms with Crippen LogP contribution < -0.4 is 0 Å². The van der Waals surface area contributed by atoms with E-state index in [0.29, 0.717) is 25.7 Å². The van der Waals surface area contributed by atoms with Crippen LogP contribution in [0.15, 0.2) is 0 Å². The summed E-state index contributed by atoms with van der Waals surface area (Å²) in [4.78, 5) is 33.0. The molecule has 0 aliphatic heterocycles. The topological polar surface area (TPSA) is 101 Å². The maximum Gasteiger partial charge on any atom is 0.308 e. The fraction of sp³-hybridized carbons (Fsp3) is 0.750. The van der Waals surface area contributed by atoms with Crippen LogP contribution in [0.4, 0.5) is 0 Å². The Morgan fingerprint density at radius 2 is 1.56 bits per heavy atom. The van der Waals surface area contributed by atoms with Gasteiger partial charge >= 0.3 is 17.9 Å². The summed E-state index contributed by atoms with van der Waals surface area (Å²) in [6.45, 7) is 0. The molecule has 0 spiro atoms. The predicted octanol–water partition coefficient (Wildman–Crippen LogP) is 1.29. The first-order chi connectivity index (χ1) is 8.38. The van der Waals surface area contributed by atoms with Gasteiger partial charge in [-0.1, -0.05) is 0 Å². The average molecular weight is 258 g/mol. The molecule has 0 unspecified atom stereocenters. The Balaban J connectivity index is 2.69. The van der Waals surface area contributed by atoms with Crippen LogP contribution in [-0.2, 0) is 19.1 Å². The van der Waals surface area contributed by atoms with Gasteiger partial charge in [-0.3, -0.25) is 14.4 Å². The summed E-state index contributed by atoms with van der Waals surface area (Å²) in [6, 6.07) is 0. The van der Waals surface area contributed by atoms with E-state index in [2.05, 4.69) is 4.74 Å². The van der Waals surface area contributed by atoms with Crippen molar-refractivity contribution in [1.29, 1.82) is 0 Å². The van der Waals surface area contributed by atoms with E-state index in [1.165, 1.54) is 7.11 Å². The minimum atomic E-state index is -0.993. The lowest BCUT2D eigenvalue weighted by Crippen LogP contribution is -2.34. The smallest absolute Gasteiger partial charge is 0.308 e. The molecule has 0 bridgehead atoms. The van der Waals surface area contributed by atoms with Crippen molar-refractivity contribution in [2.24, 2.45) is 11.3 Å². The molecule has 0 heterocycles. The number of rotatable bonds is 5. The largest absolute Gasteiger partial charge is 0.481 e. The van der Waals surface area contributed by atoms with Gasteiger partial charge in [-0.2, -0.15) is 0 Å². The number of ether oxygens (including phenoxy) is 1. The van der Waals surface area contributed by atoms with Crippen LogP contribution >= 0.6 is 0 Å². The van der Waals surface area contributed by atoms with Gasteiger partial charge in [0.15, 0.2) is 0 Å². The Labute approximate surface area is 105 Å². The first kappa shape index (κ1) is 14.5. The number of carboxylic acids is 2. The molecule has 1 saturated carbocycles. The lowest BCUT2D eigenvalue weighted by atomic mass is 9.67. The van der Waals surface area contributed by atoms with Crippen LogP contribution in [0.1, 0.15) is 38.5 Å². The van der Waals surface area contributed by atoms with E-state index >= 15 is 0 Å². The molecular weight excluding hydrogens is 240 g/mol. The molecule has 6 heteroatoms. The minimum Gasteiger partial charge on any atom is -0.481 e. The van der Waals surface area contributed by atoms with Gasteiger partial charge in [0.2, 0.25) is 0 Å². The highest BCUT2D eigenvalue weighted by Gasteiger charge is 2.40. The highest BCUT2D eigenvalue weighted by atomic mass is 16.5. The molecule has 0 aromatic rings. The zero-order chi connectivity index (χ0) is 13.8. The van der Waals surface area contributed by atoms with Crippen molar-refractivity contribution >= 4 is 17.9 Å². The Kier molecular flexibility index (Phi) is 4.69. The van der Waals surface area contributed by atoms with Crippen molar-refractivity contribution in [3.8, 4) is 0 Å². The normalized spacial score (nSPS) is 19.2. The number of carboxylic acid groups (broad SMARTS) is 2. The second-order valence-corrected chi connectivity index (χ2v) is 4.94. The van der Waals surface area contributed by atoms with E-state index < -0.39 is 17.4 Å². The van der Waals surface area contributed by atoms with Crippen LogP contribution in [0, 0.1) is 11.3 Å². The third kappa shape index (κ3) is 3.72. The Hall–Kier alpha value is -1.59. The molecule has 6 nitrogen and oxygen atoms in total. The van der Waals surface area contributed by atoms with E-state index in [-0.39, 0.29) is 24.7 Å². The Morgan fingerprint density at radius 3 is 1.89 bits per heavy atom. The molecule has 0 radical (unpaired) electrons. The molecule has 0 saturated heterocycles. The summed E-state index contributed by atoms with van der Waals surface area (Å²) in [5, 5.41) is 17.8. The molecule has 0 aromatic heterocycles. The quantitative estimate of drug-likeness (QED) is 0.720. The number of carbonyl (C=O) groups excluding carboxylic acids is 1. The van der Waals surface area contributed by atoms with Crippen molar-refractivity contribution in [2.45, 2.75) is 38.5 Å². The van der Waals surface area contributed by atoms with Crippen LogP contribution in [0.25, 0.3) is 0 Å². The number of aliphatic carboxylic acids is 2. The molecule has 0 aromatic carbocycles. The number of hydrogen-bond donors (Lipinski definition) is 2. The molecule has 102 valence electrons. The standard InChI is InChI=1S/C12H18O6/c1-18-11(17)8-2-4-12(5-3-8,6-9(13)14)7-10(15)16/h8H,2-7H2,1H3,(H,13,14)(H,15,16). The van der Waals surface area contributed by atoms with Crippen molar-refractivity contribution in [3.63, 3.8) is 0 Å². The number of methoxy groups -OCH3 is 1. The fourth-order valence-corrected chi connectivity index (χ4v) is 2.69. The number of hydrogen-bond acceptors (Lipinski definition) is 4. The Morgan fingerprint density at radius 1 is 1.11 bits per heavy atom. The van der Waals surface area contributed by atoms with E-state index in [4.69, 9.17) is 10.2 Å². The Bertz CT molecular complexity index is 322. The molecule has 1 aliphatic carbocycles. The highest BCUT2D eigenvalue weighted by Crippen LogP contribution is 2.44. The van der Waals surface area contributed by atoms with Crippen LogP contribution in [-0.4, -0.2) is 35.2 Å². The first-order valence-electron chi connectivity index (χ1n) is 5.90. The summed E-state index contributed by atoms with van der Waals surface area (Å²) in [5.41, 5.74) is -0.720. The average Bonchev–Trinajstić information content (AvgIpc) is 2.27. The second-order valence-electron chi connectivity index (χ2n) is 4.94. The maximum absolute atomic E-state index is 11.4. The third-order valence-corrected chi connectivity index (χ3v) is 3.63. The third-order valence-electron chi connectivity index (χ3n) is 3.63. The van der Waals surface area contributed by atoms with E-state index in [1.807, 2.05) is 0 Å². The van der Waals surface area contributed by atoms with E-state index in [9.17, 15) is 14.4 Å². The van der Waals surface area contributed by atoms with Crippen LogP contribution in [0.5, 0.6) is 0 Å². The zero-order valence-electron chi connectivity index (χ0n) is 10.3. The van der Waals surface area contributed by atoms with Crippen molar-refractivity contribution in [2.75, 3.05) is 7.11 Å². The van der Waals surface area contributed by atoms with Crippen molar-refractivity contribution < 1.29 is 29.3 Å². The molecule has 0 amide bonds. The molecule has 18 heavy (non-hydrogen) atoms. The summed E-state index contributed by atoms with van der Waals surface area (Å²) >= 11 is 0. The predicted molar refractivity (Wildman–Crippen MR) is 60.9 cm³/mol. The highest BCUT2D eigenvalue weighted by molar-refractivity contribution is 5.74. The molecule has 0 atom stereocenters. The lowest BCUT2D eigenvalue weighted by Gasteiger charge is -2.37. The fourth-order valence-electron chi connectivity index (χ4n) is 2.69. The monoisotopic (exact) mass is 258 g/mol. The van der Waals surface area contributed by atoms with Gasteiger partial charge in [0.25, 0.3) is 0 Å². The first-order valence-corrected chi connectivity index (χ1v) is 5.90. The van der Waals surface area contributed by atoms with Gasteiger partial charge in [0.05, 0.1) is 25.9 Å². The van der Waals surface area contributed by atoms with Crippen molar-refractivity contribution in [1.82, 2.24) is 0 Å². The zero-order valence-corrected chi connectivity index (χ0v) is 10.3. The molecule has 1 fully saturated rings. The molecule has 2 N–H and O–H groups in total. The molecule has 1 aliphatic rings. The van der Waals surface area contributed by atoms with E-state index in [0.717, 1.165) is 0 Å².